The van der Waals surface area contributed by atoms with E-state index < -0.39 is 18.2 Å². The van der Waals surface area contributed by atoms with E-state index in [1.807, 2.05) is 103 Å². The van der Waals surface area contributed by atoms with Gasteiger partial charge in [0.1, 0.15) is 12.4 Å². The Bertz CT molecular complexity index is 1560. The number of ether oxygens (including phenoxy) is 2. The van der Waals surface area contributed by atoms with Gasteiger partial charge in [0.05, 0.1) is 24.2 Å². The highest BCUT2D eigenvalue weighted by Crippen LogP contribution is 2.35. The lowest BCUT2D eigenvalue weighted by molar-refractivity contribution is -0.117. The monoisotopic (exact) mass is 578 g/mol. The van der Waals surface area contributed by atoms with Crippen molar-refractivity contribution < 1.29 is 24.2 Å². The van der Waals surface area contributed by atoms with Gasteiger partial charge >= 0.3 is 6.09 Å². The van der Waals surface area contributed by atoms with Crippen molar-refractivity contribution in [2.24, 2.45) is 4.99 Å². The third kappa shape index (κ3) is 7.38. The molecule has 0 saturated heterocycles. The van der Waals surface area contributed by atoms with E-state index in [9.17, 15) is 14.7 Å². The number of fused-ring (bicyclic) bond motifs is 1. The highest BCUT2D eigenvalue weighted by Gasteiger charge is 2.30. The van der Waals surface area contributed by atoms with E-state index in [1.165, 1.54) is 0 Å². The third-order valence-electron chi connectivity index (χ3n) is 7.03. The number of benzene rings is 4. The van der Waals surface area contributed by atoms with Crippen molar-refractivity contribution in [1.82, 2.24) is 5.32 Å². The Morgan fingerprint density at radius 3 is 2.35 bits per heavy atom. The number of aliphatic hydroxyl groups is 1. The molecule has 0 fully saturated rings. The summed E-state index contributed by atoms with van der Waals surface area (Å²) < 4.78 is 10.7. The van der Waals surface area contributed by atoms with Gasteiger partial charge in [-0.1, -0.05) is 84.9 Å². The number of methoxy groups -OCH3 is 1. The Morgan fingerprint density at radius 1 is 0.930 bits per heavy atom. The summed E-state index contributed by atoms with van der Waals surface area (Å²) in [6.07, 6.45) is -1.45. The zero-order valence-electron chi connectivity index (χ0n) is 23.9. The van der Waals surface area contributed by atoms with Crippen molar-refractivity contribution in [3.63, 3.8) is 0 Å². The molecule has 9 heteroatoms. The first-order chi connectivity index (χ1) is 21.1. The second-order valence-corrected chi connectivity index (χ2v) is 9.99. The lowest BCUT2D eigenvalue weighted by Crippen LogP contribution is -2.42. The first kappa shape index (κ1) is 29.3. The van der Waals surface area contributed by atoms with Gasteiger partial charge in [0.25, 0.3) is 5.91 Å². The maximum absolute atomic E-state index is 13.6. The summed E-state index contributed by atoms with van der Waals surface area (Å²) in [5.41, 5.74) is 5.26. The summed E-state index contributed by atoms with van der Waals surface area (Å²) in [7, 11) is 1.63. The highest BCUT2D eigenvalue weighted by atomic mass is 16.5. The SMILES string of the molecule is COc1ccc(CN(CCCO)c2cccc3c2NC(=O)C(NC(=O)OCc2ccccc2)N=C3c2ccccc2)cc1. The Morgan fingerprint density at radius 2 is 1.65 bits per heavy atom. The summed E-state index contributed by atoms with van der Waals surface area (Å²) in [6.45, 7) is 1.15. The van der Waals surface area contributed by atoms with E-state index in [0.717, 1.165) is 28.1 Å². The van der Waals surface area contributed by atoms with E-state index in [2.05, 4.69) is 15.5 Å². The van der Waals surface area contributed by atoms with Crippen molar-refractivity contribution in [1.29, 1.82) is 0 Å². The van der Waals surface area contributed by atoms with Crippen LogP contribution in [0, 0.1) is 0 Å². The molecule has 9 nitrogen and oxygen atoms in total. The molecule has 3 N–H and O–H groups in total. The topological polar surface area (TPSA) is 112 Å². The summed E-state index contributed by atoms with van der Waals surface area (Å²) in [4.78, 5) is 33.3. The van der Waals surface area contributed by atoms with E-state index in [0.29, 0.717) is 36.5 Å². The first-order valence-electron chi connectivity index (χ1n) is 14.1. The number of aliphatic imine (C=N–C) groups is 1. The summed E-state index contributed by atoms with van der Waals surface area (Å²) in [5, 5.41) is 15.3. The van der Waals surface area contributed by atoms with Crippen LogP contribution in [0.2, 0.25) is 0 Å². The average molecular weight is 579 g/mol. The molecule has 0 aliphatic carbocycles. The minimum Gasteiger partial charge on any atom is -0.497 e. The Kier molecular flexibility index (Phi) is 9.66. The van der Waals surface area contributed by atoms with E-state index in [4.69, 9.17) is 14.5 Å². The number of rotatable bonds is 11. The molecule has 4 aromatic rings. The van der Waals surface area contributed by atoms with Crippen LogP contribution < -0.4 is 20.3 Å². The van der Waals surface area contributed by atoms with Crippen molar-refractivity contribution in [3.05, 3.63) is 125 Å². The summed E-state index contributed by atoms with van der Waals surface area (Å²) >= 11 is 0. The number of carbonyl (C=O) groups is 2. The Balaban J connectivity index is 1.48. The lowest BCUT2D eigenvalue weighted by Gasteiger charge is -2.28. The smallest absolute Gasteiger partial charge is 0.409 e. The van der Waals surface area contributed by atoms with Gasteiger partial charge in [-0.3, -0.25) is 10.1 Å². The molecule has 220 valence electrons. The number of hydrogen-bond acceptors (Lipinski definition) is 7. The summed E-state index contributed by atoms with van der Waals surface area (Å²) in [6, 6.07) is 32.4. The van der Waals surface area contributed by atoms with Crippen LogP contribution in [-0.2, 0) is 22.7 Å². The molecular formula is C34H34N4O5. The van der Waals surface area contributed by atoms with Crippen LogP contribution in [0.25, 0.3) is 0 Å². The number of hydrogen-bond donors (Lipinski definition) is 3. The molecule has 0 spiro atoms. The second kappa shape index (κ2) is 14.2. The Hall–Kier alpha value is -5.15. The zero-order chi connectivity index (χ0) is 30.0. The molecular weight excluding hydrogens is 544 g/mol. The van der Waals surface area contributed by atoms with Crippen LogP contribution in [0.5, 0.6) is 5.75 Å². The molecule has 1 atom stereocenters. The molecule has 1 aliphatic heterocycles. The number of amides is 2. The van der Waals surface area contributed by atoms with Crippen molar-refractivity contribution in [2.75, 3.05) is 30.5 Å². The fraction of sp³-hybridized carbons (Fsp3) is 0.206. The third-order valence-corrected chi connectivity index (χ3v) is 7.03. The van der Waals surface area contributed by atoms with Gasteiger partial charge in [0.2, 0.25) is 6.17 Å². The first-order valence-corrected chi connectivity index (χ1v) is 14.1. The van der Waals surface area contributed by atoms with Crippen LogP contribution in [0.4, 0.5) is 16.2 Å². The average Bonchev–Trinajstić information content (AvgIpc) is 3.19. The number of benzodiazepines with no additional fused rings is 1. The van der Waals surface area contributed by atoms with Gasteiger partial charge < -0.3 is 24.8 Å². The van der Waals surface area contributed by atoms with Gasteiger partial charge in [-0.25, -0.2) is 9.79 Å². The molecule has 2 amide bonds. The minimum absolute atomic E-state index is 0.0221. The van der Waals surface area contributed by atoms with Crippen molar-refractivity contribution >= 4 is 29.1 Å². The van der Waals surface area contributed by atoms with Gasteiger partial charge in [0, 0.05) is 30.8 Å². The van der Waals surface area contributed by atoms with Crippen LogP contribution in [0.15, 0.2) is 108 Å². The van der Waals surface area contributed by atoms with Gasteiger partial charge in [-0.15, -0.1) is 0 Å². The molecule has 0 saturated carbocycles. The number of para-hydroxylation sites is 1. The highest BCUT2D eigenvalue weighted by molar-refractivity contribution is 6.21. The number of alkyl carbamates (subject to hydrolysis) is 1. The number of carbonyl (C=O) groups excluding carboxylic acids is 2. The predicted molar refractivity (Wildman–Crippen MR) is 166 cm³/mol. The molecule has 43 heavy (non-hydrogen) atoms. The van der Waals surface area contributed by atoms with Gasteiger partial charge in [0.15, 0.2) is 0 Å². The van der Waals surface area contributed by atoms with E-state index in [-0.39, 0.29) is 13.2 Å². The standard InChI is InChI=1S/C34H34N4O5/c1-42-27-18-16-24(17-19-27)22-38(20-9-21-39)29-15-8-14-28-30(26-12-6-3-7-13-26)35-32(33(40)36-31(28)29)37-34(41)43-23-25-10-4-2-5-11-25/h2-8,10-19,32,39H,9,20-23H2,1H3,(H,36,40)(H,37,41). The van der Waals surface area contributed by atoms with Crippen LogP contribution in [0.1, 0.15) is 28.7 Å². The molecule has 1 heterocycles. The van der Waals surface area contributed by atoms with Crippen LogP contribution in [0.3, 0.4) is 0 Å². The molecule has 0 bridgehead atoms. The van der Waals surface area contributed by atoms with Crippen molar-refractivity contribution in [2.45, 2.75) is 25.7 Å². The molecule has 1 unspecified atom stereocenters. The predicted octanol–water partition coefficient (Wildman–Crippen LogP) is 5.13. The second-order valence-electron chi connectivity index (χ2n) is 9.99. The fourth-order valence-electron chi connectivity index (χ4n) is 4.88. The van der Waals surface area contributed by atoms with Crippen LogP contribution >= 0.6 is 0 Å². The maximum Gasteiger partial charge on any atom is 0.409 e. The van der Waals surface area contributed by atoms with E-state index in [1.54, 1.807) is 7.11 Å². The number of nitrogens with one attached hydrogen (secondary N) is 2. The van der Waals surface area contributed by atoms with Crippen molar-refractivity contribution in [3.8, 4) is 5.75 Å². The van der Waals surface area contributed by atoms with Gasteiger partial charge in [-0.05, 0) is 35.7 Å². The number of aliphatic hydroxyl groups excluding tert-OH is 1. The molecule has 0 radical (unpaired) electrons. The number of nitrogens with zero attached hydrogens (tertiary/aromatic N) is 2. The van der Waals surface area contributed by atoms with E-state index >= 15 is 0 Å². The largest absolute Gasteiger partial charge is 0.497 e. The lowest BCUT2D eigenvalue weighted by atomic mass is 9.99. The van der Waals surface area contributed by atoms with Gasteiger partial charge in [-0.2, -0.15) is 0 Å². The molecule has 0 aromatic heterocycles. The zero-order valence-corrected chi connectivity index (χ0v) is 23.9. The molecule has 4 aromatic carbocycles. The quantitative estimate of drug-likeness (QED) is 0.228. The molecule has 5 rings (SSSR count). The summed E-state index contributed by atoms with van der Waals surface area (Å²) in [5.74, 6) is 0.263. The minimum atomic E-state index is -1.23. The van der Waals surface area contributed by atoms with Crippen LogP contribution in [-0.4, -0.2) is 49.2 Å². The Labute approximate surface area is 250 Å². The fourth-order valence-corrected chi connectivity index (χ4v) is 4.88. The normalized spacial score (nSPS) is 14.0. The maximum atomic E-state index is 13.6. The number of anilines is 2. The molecule has 1 aliphatic rings.